The van der Waals surface area contributed by atoms with Crippen molar-refractivity contribution in [2.24, 2.45) is 0 Å². The van der Waals surface area contributed by atoms with Gasteiger partial charge in [0.15, 0.2) is 5.69 Å². The van der Waals surface area contributed by atoms with Gasteiger partial charge in [-0.2, -0.15) is 0 Å². The van der Waals surface area contributed by atoms with Gasteiger partial charge < -0.3 is 19.6 Å². The van der Waals surface area contributed by atoms with Crippen molar-refractivity contribution < 1.29 is 18.5 Å². The highest BCUT2D eigenvalue weighted by molar-refractivity contribution is 5.93. The van der Waals surface area contributed by atoms with E-state index in [1.165, 1.54) is 0 Å². The molecule has 0 fully saturated rings. The Morgan fingerprint density at radius 3 is 3.04 bits per heavy atom. The highest BCUT2D eigenvalue weighted by Crippen LogP contribution is 2.24. The van der Waals surface area contributed by atoms with Gasteiger partial charge in [-0.3, -0.25) is 9.59 Å². The third-order valence-electron chi connectivity index (χ3n) is 3.94. The number of furan rings is 1. The van der Waals surface area contributed by atoms with E-state index in [0.29, 0.717) is 37.3 Å². The molecule has 2 heterocycles. The van der Waals surface area contributed by atoms with E-state index in [-0.39, 0.29) is 17.9 Å². The predicted molar refractivity (Wildman–Crippen MR) is 80.6 cm³/mol. The average Bonchev–Trinajstić information content (AvgIpc) is 3.21. The molecular formula is C16H19N3O4. The first kappa shape index (κ1) is 15.3. The Balaban J connectivity index is 1.66. The number of aromatic nitrogens is 1. The fraction of sp³-hybridized carbons (Fsp3) is 0.438. The molecule has 2 N–H and O–H groups in total. The highest BCUT2D eigenvalue weighted by atomic mass is 16.5. The van der Waals surface area contributed by atoms with Crippen molar-refractivity contribution in [3.8, 4) is 0 Å². The largest absolute Gasteiger partial charge is 0.467 e. The molecule has 2 amide bonds. The number of carbonyl (C=O) groups is 2. The molecule has 122 valence electrons. The van der Waals surface area contributed by atoms with Gasteiger partial charge in [-0.25, -0.2) is 0 Å². The van der Waals surface area contributed by atoms with Crippen LogP contribution in [-0.2, 0) is 24.2 Å². The first-order valence-corrected chi connectivity index (χ1v) is 7.74. The molecule has 0 bridgehead atoms. The number of nitrogens with zero attached hydrogens (tertiary/aromatic N) is 1. The minimum atomic E-state index is -0.297. The predicted octanol–water partition coefficient (Wildman–Crippen LogP) is 1.58. The van der Waals surface area contributed by atoms with Gasteiger partial charge in [-0.1, -0.05) is 12.1 Å². The molecule has 7 nitrogen and oxygen atoms in total. The lowest BCUT2D eigenvalue weighted by Crippen LogP contribution is -2.38. The molecule has 3 rings (SSSR count). The number of hydrogen-bond donors (Lipinski definition) is 2. The number of amides is 2. The Morgan fingerprint density at radius 1 is 1.43 bits per heavy atom. The first-order chi connectivity index (χ1) is 11.2. The minimum absolute atomic E-state index is 0.0127. The van der Waals surface area contributed by atoms with E-state index in [2.05, 4.69) is 15.8 Å². The van der Waals surface area contributed by atoms with Gasteiger partial charge in [0.1, 0.15) is 11.5 Å². The van der Waals surface area contributed by atoms with Crippen LogP contribution in [0.4, 0.5) is 0 Å². The van der Waals surface area contributed by atoms with Crippen molar-refractivity contribution in [2.45, 2.75) is 45.2 Å². The highest BCUT2D eigenvalue weighted by Gasteiger charge is 2.29. The average molecular weight is 317 g/mol. The third-order valence-corrected chi connectivity index (χ3v) is 3.94. The van der Waals surface area contributed by atoms with Gasteiger partial charge in [0.25, 0.3) is 5.91 Å². The summed E-state index contributed by atoms with van der Waals surface area (Å²) in [7, 11) is 0. The molecule has 2 aromatic heterocycles. The maximum Gasteiger partial charge on any atom is 0.274 e. The number of carbonyl (C=O) groups excluding carboxylic acids is 2. The van der Waals surface area contributed by atoms with E-state index < -0.39 is 0 Å². The summed E-state index contributed by atoms with van der Waals surface area (Å²) in [6.45, 7) is 2.11. The fourth-order valence-corrected chi connectivity index (χ4v) is 2.70. The van der Waals surface area contributed by atoms with Crippen molar-refractivity contribution in [1.82, 2.24) is 15.8 Å². The summed E-state index contributed by atoms with van der Waals surface area (Å²) in [6, 6.07) is 3.57. The molecule has 23 heavy (non-hydrogen) atoms. The molecule has 7 heteroatoms. The maximum absolute atomic E-state index is 12.3. The lowest BCUT2D eigenvalue weighted by atomic mass is 9.91. The Labute approximate surface area is 133 Å². The molecule has 0 aromatic carbocycles. The van der Waals surface area contributed by atoms with Crippen LogP contribution >= 0.6 is 0 Å². The molecule has 1 atom stereocenters. The van der Waals surface area contributed by atoms with Crippen LogP contribution in [0.1, 0.15) is 47.3 Å². The van der Waals surface area contributed by atoms with Gasteiger partial charge in [0, 0.05) is 24.4 Å². The van der Waals surface area contributed by atoms with Crippen LogP contribution in [0.2, 0.25) is 0 Å². The SMILES string of the molecule is CCC(=O)NC1CCc2onc(C(=O)NCc3ccco3)c2C1. The first-order valence-electron chi connectivity index (χ1n) is 7.74. The van der Waals surface area contributed by atoms with Crippen LogP contribution in [0.5, 0.6) is 0 Å². The summed E-state index contributed by atoms with van der Waals surface area (Å²) in [6.07, 6.45) is 4.03. The molecule has 0 radical (unpaired) electrons. The smallest absolute Gasteiger partial charge is 0.274 e. The summed E-state index contributed by atoms with van der Waals surface area (Å²) >= 11 is 0. The lowest BCUT2D eigenvalue weighted by molar-refractivity contribution is -0.121. The van der Waals surface area contributed by atoms with Gasteiger partial charge in [0.05, 0.1) is 12.8 Å². The molecular weight excluding hydrogens is 298 g/mol. The van der Waals surface area contributed by atoms with E-state index in [1.54, 1.807) is 18.4 Å². The molecule has 0 aliphatic heterocycles. The number of aryl methyl sites for hydroxylation is 1. The molecule has 0 saturated heterocycles. The van der Waals surface area contributed by atoms with E-state index in [1.807, 2.05) is 6.92 Å². The normalized spacial score (nSPS) is 16.7. The van der Waals surface area contributed by atoms with Crippen LogP contribution in [-0.4, -0.2) is 23.0 Å². The second-order valence-electron chi connectivity index (χ2n) is 5.56. The van der Waals surface area contributed by atoms with Gasteiger partial charge >= 0.3 is 0 Å². The van der Waals surface area contributed by atoms with E-state index in [9.17, 15) is 9.59 Å². The van der Waals surface area contributed by atoms with Gasteiger partial charge in [-0.15, -0.1) is 0 Å². The third kappa shape index (κ3) is 3.44. The topological polar surface area (TPSA) is 97.4 Å². The molecule has 0 saturated carbocycles. The van der Waals surface area contributed by atoms with Gasteiger partial charge in [-0.05, 0) is 25.0 Å². The monoisotopic (exact) mass is 317 g/mol. The van der Waals surface area contributed by atoms with E-state index in [4.69, 9.17) is 8.94 Å². The number of nitrogens with one attached hydrogen (secondary N) is 2. The summed E-state index contributed by atoms with van der Waals surface area (Å²) in [4.78, 5) is 23.8. The molecule has 2 aromatic rings. The fourth-order valence-electron chi connectivity index (χ4n) is 2.70. The van der Waals surface area contributed by atoms with Crippen molar-refractivity contribution in [2.75, 3.05) is 0 Å². The second kappa shape index (κ2) is 6.68. The minimum Gasteiger partial charge on any atom is -0.467 e. The van der Waals surface area contributed by atoms with Crippen LogP contribution in [0, 0.1) is 0 Å². The number of rotatable bonds is 5. The van der Waals surface area contributed by atoms with Crippen LogP contribution in [0.15, 0.2) is 27.3 Å². The molecule has 1 aliphatic carbocycles. The van der Waals surface area contributed by atoms with E-state index in [0.717, 1.165) is 17.7 Å². The lowest BCUT2D eigenvalue weighted by Gasteiger charge is -2.22. The van der Waals surface area contributed by atoms with Crippen molar-refractivity contribution in [3.63, 3.8) is 0 Å². The summed E-state index contributed by atoms with van der Waals surface area (Å²) in [5.41, 5.74) is 1.08. The van der Waals surface area contributed by atoms with Crippen LogP contribution in [0.3, 0.4) is 0 Å². The summed E-state index contributed by atoms with van der Waals surface area (Å²) < 4.78 is 10.5. The Morgan fingerprint density at radius 2 is 2.30 bits per heavy atom. The van der Waals surface area contributed by atoms with Crippen molar-refractivity contribution in [3.05, 3.63) is 41.2 Å². The zero-order chi connectivity index (χ0) is 16.2. The van der Waals surface area contributed by atoms with E-state index >= 15 is 0 Å². The Kier molecular flexibility index (Phi) is 4.45. The second-order valence-corrected chi connectivity index (χ2v) is 5.56. The standard InChI is InChI=1S/C16H19N3O4/c1-2-14(20)18-10-5-6-13-12(8-10)15(19-23-13)16(21)17-9-11-4-3-7-22-11/h3-4,7,10H,2,5-6,8-9H2,1H3,(H,17,21)(H,18,20). The summed E-state index contributed by atoms with van der Waals surface area (Å²) in [5.74, 6) is 1.12. The molecule has 0 spiro atoms. The maximum atomic E-state index is 12.3. The quantitative estimate of drug-likeness (QED) is 0.872. The Bertz CT molecular complexity index is 690. The number of fused-ring (bicyclic) bond motifs is 1. The van der Waals surface area contributed by atoms with Gasteiger partial charge in [0.2, 0.25) is 5.91 Å². The summed E-state index contributed by atoms with van der Waals surface area (Å²) in [5, 5.41) is 9.63. The number of hydrogen-bond acceptors (Lipinski definition) is 5. The zero-order valence-electron chi connectivity index (χ0n) is 12.9. The Hall–Kier alpha value is -2.57. The van der Waals surface area contributed by atoms with Crippen molar-refractivity contribution >= 4 is 11.8 Å². The zero-order valence-corrected chi connectivity index (χ0v) is 12.9. The van der Waals surface area contributed by atoms with Crippen LogP contribution in [0.25, 0.3) is 0 Å². The molecule has 1 aliphatic rings. The molecule has 1 unspecified atom stereocenters. The van der Waals surface area contributed by atoms with Crippen molar-refractivity contribution in [1.29, 1.82) is 0 Å². The van der Waals surface area contributed by atoms with Crippen LogP contribution < -0.4 is 10.6 Å².